The fourth-order valence-corrected chi connectivity index (χ4v) is 7.29. The third-order valence-electron chi connectivity index (χ3n) is 10.8. The van der Waals surface area contributed by atoms with Crippen LogP contribution in [0.4, 0.5) is 4.39 Å². The van der Waals surface area contributed by atoms with Gasteiger partial charge in [-0.2, -0.15) is 0 Å². The van der Waals surface area contributed by atoms with Crippen molar-refractivity contribution in [3.8, 4) is 0 Å². The van der Waals surface area contributed by atoms with Crippen LogP contribution in [0.1, 0.15) is 98.8 Å². The van der Waals surface area contributed by atoms with Crippen LogP contribution in [0.25, 0.3) is 10.9 Å². The smallest absolute Gasteiger partial charge is 0.335 e. The van der Waals surface area contributed by atoms with Crippen molar-refractivity contribution >= 4 is 58.2 Å². The Morgan fingerprint density at radius 3 is 2.28 bits per heavy atom. The number of nitrogens with one attached hydrogen (secondary N) is 8. The van der Waals surface area contributed by atoms with Crippen molar-refractivity contribution in [3.05, 3.63) is 75.7 Å². The van der Waals surface area contributed by atoms with Crippen LogP contribution in [0.5, 0.6) is 0 Å². The molecule has 0 saturated heterocycles. The van der Waals surface area contributed by atoms with E-state index in [1.807, 2.05) is 13.8 Å². The number of carbonyl (C=O) groups is 8. The number of hydrogen-bond donors (Lipinski definition) is 10. The number of hydrogen-bond acceptors (Lipinski definition) is 12. The van der Waals surface area contributed by atoms with Crippen molar-refractivity contribution in [3.63, 3.8) is 0 Å². The highest BCUT2D eigenvalue weighted by molar-refractivity contribution is 5.93. The van der Waals surface area contributed by atoms with E-state index in [0.29, 0.717) is 51.7 Å². The predicted molar refractivity (Wildman–Crippen MR) is 233 cm³/mol. The molecule has 0 aliphatic heterocycles. The summed E-state index contributed by atoms with van der Waals surface area (Å²) in [5, 5.41) is 36.1. The van der Waals surface area contributed by atoms with Gasteiger partial charge >= 0.3 is 5.97 Å². The van der Waals surface area contributed by atoms with E-state index in [9.17, 15) is 48.6 Å². The van der Waals surface area contributed by atoms with Crippen molar-refractivity contribution < 1.29 is 57.7 Å². The molecule has 0 bridgehead atoms. The molecule has 1 unspecified atom stereocenters. The number of pyridine rings is 1. The lowest BCUT2D eigenvalue weighted by Crippen LogP contribution is -2.52. The molecule has 1 heterocycles. The zero-order valence-corrected chi connectivity index (χ0v) is 37.1. The Bertz CT molecular complexity index is 2260. The highest BCUT2D eigenvalue weighted by atomic mass is 19.1. The SMILES string of the molecule is CCC(O)(CCC(=O)NCc1c(C(C)C)nc2cc(F)c(C)c3c2c1[C@@H](NC(=O)COCNC(=O)CNC(=O)[C@H](Cc1ccccc1)NC(=O)CNC(=O)CNNC(C)=O)CC3)C(=O)O. The number of halogens is 1. The van der Waals surface area contributed by atoms with Gasteiger partial charge in [0, 0.05) is 43.5 Å². The van der Waals surface area contributed by atoms with Crippen LogP contribution in [0, 0.1) is 12.7 Å². The Morgan fingerprint density at radius 2 is 1.62 bits per heavy atom. The van der Waals surface area contributed by atoms with Crippen LogP contribution in [-0.2, 0) is 62.5 Å². The van der Waals surface area contributed by atoms with Gasteiger partial charge in [0.2, 0.25) is 41.4 Å². The molecule has 1 aliphatic rings. The fourth-order valence-electron chi connectivity index (χ4n) is 7.29. The summed E-state index contributed by atoms with van der Waals surface area (Å²) in [4.78, 5) is 104. The molecule has 3 atom stereocenters. The van der Waals surface area contributed by atoms with Crippen LogP contribution in [-0.4, -0.2) is 107 Å². The highest BCUT2D eigenvalue weighted by Gasteiger charge is 2.35. The largest absolute Gasteiger partial charge is 0.479 e. The molecule has 1 aromatic heterocycles. The number of amides is 7. The van der Waals surface area contributed by atoms with Gasteiger partial charge < -0.3 is 46.9 Å². The summed E-state index contributed by atoms with van der Waals surface area (Å²) in [5.74, 6) is -6.12. The van der Waals surface area contributed by atoms with Crippen LogP contribution in [0.15, 0.2) is 36.4 Å². The van der Waals surface area contributed by atoms with E-state index in [2.05, 4.69) is 42.8 Å². The summed E-state index contributed by atoms with van der Waals surface area (Å²) in [7, 11) is 0. The third kappa shape index (κ3) is 14.7. The van der Waals surface area contributed by atoms with E-state index in [-0.39, 0.29) is 44.7 Å². The monoisotopic (exact) mass is 907 g/mol. The number of benzene rings is 2. The first kappa shape index (κ1) is 51.1. The first-order valence-electron chi connectivity index (χ1n) is 21.2. The van der Waals surface area contributed by atoms with Gasteiger partial charge in [0.1, 0.15) is 25.2 Å². The number of aliphatic hydroxyl groups is 1. The fraction of sp³-hybridized carbons (Fsp3) is 0.477. The number of carboxylic acids is 1. The topological polar surface area (TPSA) is 295 Å². The summed E-state index contributed by atoms with van der Waals surface area (Å²) in [6.07, 6.45) is 0.189. The number of carbonyl (C=O) groups excluding carboxylic acids is 7. The molecule has 20 nitrogen and oxygen atoms in total. The van der Waals surface area contributed by atoms with Gasteiger partial charge in [-0.25, -0.2) is 14.6 Å². The minimum atomic E-state index is -2.06. The Balaban J connectivity index is 1.36. The molecule has 352 valence electrons. The van der Waals surface area contributed by atoms with Crippen LogP contribution in [0.3, 0.4) is 0 Å². The Labute approximate surface area is 374 Å². The second-order valence-corrected chi connectivity index (χ2v) is 16.0. The van der Waals surface area contributed by atoms with Crippen molar-refractivity contribution in [2.45, 2.75) is 103 Å². The number of nitrogens with zero attached hydrogens (tertiary/aromatic N) is 1. The van der Waals surface area contributed by atoms with Crippen molar-refractivity contribution in [2.24, 2.45) is 0 Å². The molecule has 2 aromatic carbocycles. The summed E-state index contributed by atoms with van der Waals surface area (Å²) >= 11 is 0. The molecule has 7 amide bonds. The quantitative estimate of drug-likeness (QED) is 0.0328. The number of hydrazine groups is 1. The maximum absolute atomic E-state index is 15.2. The summed E-state index contributed by atoms with van der Waals surface area (Å²) in [6, 6.07) is 8.40. The second kappa shape index (κ2) is 23.9. The molecule has 4 rings (SSSR count). The minimum Gasteiger partial charge on any atom is -0.479 e. The molecule has 0 saturated carbocycles. The molecule has 3 aromatic rings. The van der Waals surface area contributed by atoms with E-state index in [1.54, 1.807) is 37.3 Å². The van der Waals surface area contributed by atoms with E-state index >= 15 is 4.39 Å². The molecule has 65 heavy (non-hydrogen) atoms. The van der Waals surface area contributed by atoms with Crippen LogP contribution in [0.2, 0.25) is 0 Å². The zero-order chi connectivity index (χ0) is 47.8. The van der Waals surface area contributed by atoms with Gasteiger partial charge in [0.15, 0.2) is 5.60 Å². The lowest BCUT2D eigenvalue weighted by molar-refractivity contribution is -0.160. The molecule has 0 spiro atoms. The Hall–Kier alpha value is -6.58. The first-order chi connectivity index (χ1) is 30.8. The maximum Gasteiger partial charge on any atom is 0.335 e. The normalized spacial score (nSPS) is 14.4. The first-order valence-corrected chi connectivity index (χ1v) is 21.2. The molecule has 0 radical (unpaired) electrons. The Kier molecular flexibility index (Phi) is 18.8. The number of ether oxygens (including phenoxy) is 1. The second-order valence-electron chi connectivity index (χ2n) is 16.0. The van der Waals surface area contributed by atoms with E-state index in [4.69, 9.17) is 9.72 Å². The van der Waals surface area contributed by atoms with Crippen molar-refractivity contribution in [2.75, 3.05) is 33.0 Å². The molecular formula is C44H58FN9O11. The summed E-state index contributed by atoms with van der Waals surface area (Å²) < 4.78 is 20.6. The Morgan fingerprint density at radius 1 is 0.923 bits per heavy atom. The van der Waals surface area contributed by atoms with E-state index < -0.39 is 97.2 Å². The third-order valence-corrected chi connectivity index (χ3v) is 10.8. The average molecular weight is 908 g/mol. The van der Waals surface area contributed by atoms with Crippen molar-refractivity contribution in [1.82, 2.24) is 47.7 Å². The lowest BCUT2D eigenvalue weighted by Gasteiger charge is -2.32. The molecular weight excluding hydrogens is 850 g/mol. The predicted octanol–water partition coefficient (Wildman–Crippen LogP) is 0.222. The van der Waals surface area contributed by atoms with Gasteiger partial charge in [-0.3, -0.25) is 44.0 Å². The summed E-state index contributed by atoms with van der Waals surface area (Å²) in [6.45, 7) is 6.01. The van der Waals surface area contributed by atoms with Gasteiger partial charge in [-0.05, 0) is 66.3 Å². The van der Waals surface area contributed by atoms with Gasteiger partial charge in [0.25, 0.3) is 0 Å². The van der Waals surface area contributed by atoms with Crippen molar-refractivity contribution in [1.29, 1.82) is 0 Å². The van der Waals surface area contributed by atoms with Gasteiger partial charge in [0.05, 0.1) is 31.2 Å². The number of carboxylic acid groups (broad SMARTS) is 1. The lowest BCUT2D eigenvalue weighted by atomic mass is 9.80. The number of aromatic nitrogens is 1. The van der Waals surface area contributed by atoms with E-state index in [0.717, 1.165) is 5.56 Å². The summed E-state index contributed by atoms with van der Waals surface area (Å²) in [5.41, 5.74) is 6.65. The molecule has 0 fully saturated rings. The maximum atomic E-state index is 15.2. The average Bonchev–Trinajstić information content (AvgIpc) is 3.26. The molecule has 21 heteroatoms. The van der Waals surface area contributed by atoms with Gasteiger partial charge in [-0.1, -0.05) is 51.1 Å². The molecule has 1 aliphatic carbocycles. The zero-order valence-electron chi connectivity index (χ0n) is 37.1. The number of aliphatic carboxylic acids is 1. The van der Waals surface area contributed by atoms with Crippen LogP contribution >= 0.6 is 0 Å². The number of aryl methyl sites for hydroxylation is 1. The molecule has 10 N–H and O–H groups in total. The van der Waals surface area contributed by atoms with Gasteiger partial charge in [-0.15, -0.1) is 0 Å². The standard InChI is InChI=1S/C44H58FN9O11/c1-6-44(64,43(62)63)15-14-34(56)46-18-29-40-31(13-12-28-25(4)30(45)17-32(39(28)40)53-41(29)24(2)3)51-38(60)22-65-23-49-35(57)19-48-42(61)33(16-27-10-8-7-9-11-27)52-37(59)20-47-36(58)21-50-54-26(5)55/h7-11,17,24,31,33,50,64H,6,12-16,18-23H2,1-5H3,(H,46,56)(H,47,58)(H,48,61)(H,49,57)(H,51,60)(H,52,59)(H,54,55)(H,62,63)/t31-,33-,44?/m0/s1. The van der Waals surface area contributed by atoms with E-state index in [1.165, 1.54) is 19.9 Å². The van der Waals surface area contributed by atoms with Crippen LogP contribution < -0.4 is 42.8 Å². The number of rotatable bonds is 24. The highest BCUT2D eigenvalue weighted by Crippen LogP contribution is 2.41. The minimum absolute atomic E-state index is 0.0405.